The summed E-state index contributed by atoms with van der Waals surface area (Å²) in [5.41, 5.74) is 0.591. The molecule has 6 nitrogen and oxygen atoms in total. The van der Waals surface area contributed by atoms with E-state index in [0.29, 0.717) is 5.69 Å². The van der Waals surface area contributed by atoms with Crippen LogP contribution in [0, 0.1) is 13.8 Å². The van der Waals surface area contributed by atoms with E-state index in [2.05, 4.69) is 0 Å². The van der Waals surface area contributed by atoms with Gasteiger partial charge in [-0.1, -0.05) is 6.07 Å². The molecule has 2 aromatic heterocycles. The van der Waals surface area contributed by atoms with E-state index in [-0.39, 0.29) is 21.5 Å². The first-order valence-electron chi connectivity index (χ1n) is 7.77. The maximum atomic E-state index is 12.8. The van der Waals surface area contributed by atoms with Crippen LogP contribution in [0.25, 0.3) is 27.2 Å². The van der Waals surface area contributed by atoms with Gasteiger partial charge in [0.05, 0.1) is 27.2 Å². The third-order valence-corrected chi connectivity index (χ3v) is 4.84. The highest BCUT2D eigenvalue weighted by Gasteiger charge is 2.19. The van der Waals surface area contributed by atoms with Crippen molar-refractivity contribution in [2.24, 2.45) is 7.05 Å². The van der Waals surface area contributed by atoms with E-state index in [1.165, 1.54) is 19.2 Å². The first-order chi connectivity index (χ1) is 11.8. The summed E-state index contributed by atoms with van der Waals surface area (Å²) in [4.78, 5) is 49.8. The molecule has 4 aromatic rings. The van der Waals surface area contributed by atoms with Crippen LogP contribution in [0.3, 0.4) is 0 Å². The van der Waals surface area contributed by atoms with Gasteiger partial charge in [-0.2, -0.15) is 0 Å². The standard InChI is InChI=1S/C19H14N2O4/c1-9-4-5-11(6-10(9)2)21-18(24)14-7-12-13(8-15(14)19(21)25)17(23)20(3)16(12)22/h4-8H,1-3H3. The average molecular weight is 334 g/mol. The van der Waals surface area contributed by atoms with Gasteiger partial charge in [-0.15, -0.1) is 0 Å². The number of rotatable bonds is 1. The third-order valence-electron chi connectivity index (χ3n) is 4.84. The van der Waals surface area contributed by atoms with E-state index in [0.717, 1.165) is 20.3 Å². The lowest BCUT2D eigenvalue weighted by molar-refractivity contribution is 0.856. The minimum atomic E-state index is -0.485. The summed E-state index contributed by atoms with van der Waals surface area (Å²) in [5.74, 6) is 0. The summed E-state index contributed by atoms with van der Waals surface area (Å²) in [6.07, 6.45) is 0. The van der Waals surface area contributed by atoms with Gasteiger partial charge >= 0.3 is 0 Å². The lowest BCUT2D eigenvalue weighted by Gasteiger charge is -2.04. The Labute approximate surface area is 140 Å². The van der Waals surface area contributed by atoms with Crippen molar-refractivity contribution in [2.75, 3.05) is 0 Å². The number of nitrogens with zero attached hydrogens (tertiary/aromatic N) is 2. The summed E-state index contributed by atoms with van der Waals surface area (Å²) in [7, 11) is 1.38. The Kier molecular flexibility index (Phi) is 2.97. The van der Waals surface area contributed by atoms with Gasteiger partial charge < -0.3 is 0 Å². The van der Waals surface area contributed by atoms with Gasteiger partial charge in [0.25, 0.3) is 22.2 Å². The Bertz CT molecular complexity index is 1320. The molecule has 0 saturated heterocycles. The molecule has 2 heterocycles. The second-order valence-corrected chi connectivity index (χ2v) is 6.33. The second-order valence-electron chi connectivity index (χ2n) is 6.33. The highest BCUT2D eigenvalue weighted by molar-refractivity contribution is 5.98. The first-order valence-corrected chi connectivity index (χ1v) is 7.77. The van der Waals surface area contributed by atoms with E-state index >= 15 is 0 Å². The maximum Gasteiger partial charge on any atom is 0.266 e. The van der Waals surface area contributed by atoms with Crippen molar-refractivity contribution in [1.29, 1.82) is 0 Å². The van der Waals surface area contributed by atoms with Crippen molar-refractivity contribution >= 4 is 21.5 Å². The average Bonchev–Trinajstić information content (AvgIpc) is 2.96. The number of aryl methyl sites for hydroxylation is 2. The number of aromatic nitrogens is 2. The molecule has 0 fully saturated rings. The molecule has 124 valence electrons. The quantitative estimate of drug-likeness (QED) is 0.521. The van der Waals surface area contributed by atoms with Crippen LogP contribution in [-0.4, -0.2) is 9.13 Å². The van der Waals surface area contributed by atoms with Gasteiger partial charge in [0, 0.05) is 7.05 Å². The van der Waals surface area contributed by atoms with Gasteiger partial charge in [0.2, 0.25) is 0 Å². The molecule has 0 aliphatic carbocycles. The van der Waals surface area contributed by atoms with Gasteiger partial charge in [0.15, 0.2) is 0 Å². The van der Waals surface area contributed by atoms with E-state index in [1.807, 2.05) is 19.9 Å². The second kappa shape index (κ2) is 4.86. The summed E-state index contributed by atoms with van der Waals surface area (Å²) < 4.78 is 2.07. The molecule has 6 heteroatoms. The Morgan fingerprint density at radius 1 is 0.640 bits per heavy atom. The summed E-state index contributed by atoms with van der Waals surface area (Å²) >= 11 is 0. The fraction of sp³-hybridized carbons (Fsp3) is 0.158. The summed E-state index contributed by atoms with van der Waals surface area (Å²) in [6, 6.07) is 8.04. The molecule has 0 unspecified atom stereocenters. The molecule has 0 N–H and O–H groups in total. The van der Waals surface area contributed by atoms with Gasteiger partial charge in [-0.05, 0) is 49.2 Å². The molecule has 0 radical (unpaired) electrons. The van der Waals surface area contributed by atoms with Gasteiger partial charge in [-0.25, -0.2) is 4.57 Å². The molecule has 0 spiro atoms. The third kappa shape index (κ3) is 1.91. The molecule has 0 saturated carbocycles. The molecular formula is C19H14N2O4. The Hall–Kier alpha value is -3.28. The first kappa shape index (κ1) is 15.3. The summed E-state index contributed by atoms with van der Waals surface area (Å²) in [5, 5.41) is 0.625. The molecule has 0 bridgehead atoms. The van der Waals surface area contributed by atoms with Crippen molar-refractivity contribution in [3.63, 3.8) is 0 Å². The molecule has 0 amide bonds. The largest absolute Gasteiger partial charge is 0.277 e. The molecule has 0 aliphatic rings. The van der Waals surface area contributed by atoms with Crippen LogP contribution in [0.15, 0.2) is 49.5 Å². The summed E-state index contributed by atoms with van der Waals surface area (Å²) in [6.45, 7) is 3.85. The predicted octanol–water partition coefficient (Wildman–Crippen LogP) is 1.06. The number of benzene rings is 2. The van der Waals surface area contributed by atoms with E-state index in [9.17, 15) is 19.2 Å². The van der Waals surface area contributed by atoms with E-state index in [1.54, 1.807) is 12.1 Å². The van der Waals surface area contributed by atoms with Crippen molar-refractivity contribution in [1.82, 2.24) is 9.13 Å². The van der Waals surface area contributed by atoms with Crippen LogP contribution in [0.1, 0.15) is 11.1 Å². The van der Waals surface area contributed by atoms with Crippen molar-refractivity contribution in [3.8, 4) is 5.69 Å². The highest BCUT2D eigenvalue weighted by Crippen LogP contribution is 2.17. The predicted molar refractivity (Wildman–Crippen MR) is 96.7 cm³/mol. The van der Waals surface area contributed by atoms with Crippen molar-refractivity contribution < 1.29 is 0 Å². The van der Waals surface area contributed by atoms with Crippen LogP contribution in [0.5, 0.6) is 0 Å². The van der Waals surface area contributed by atoms with Crippen LogP contribution in [-0.2, 0) is 7.05 Å². The van der Waals surface area contributed by atoms with Crippen molar-refractivity contribution in [3.05, 3.63) is 82.9 Å². The lowest BCUT2D eigenvalue weighted by Crippen LogP contribution is -2.23. The number of hydrogen-bond acceptors (Lipinski definition) is 4. The van der Waals surface area contributed by atoms with Crippen LogP contribution >= 0.6 is 0 Å². The maximum absolute atomic E-state index is 12.8. The molecule has 2 aromatic carbocycles. The molecular weight excluding hydrogens is 320 g/mol. The number of fused-ring (bicyclic) bond motifs is 2. The van der Waals surface area contributed by atoms with Gasteiger partial charge in [-0.3, -0.25) is 23.7 Å². The number of hydrogen-bond donors (Lipinski definition) is 0. The smallest absolute Gasteiger partial charge is 0.266 e. The zero-order valence-corrected chi connectivity index (χ0v) is 13.9. The molecule has 0 atom stereocenters. The van der Waals surface area contributed by atoms with Crippen LogP contribution in [0.2, 0.25) is 0 Å². The Morgan fingerprint density at radius 3 is 1.60 bits per heavy atom. The minimum Gasteiger partial charge on any atom is -0.277 e. The lowest BCUT2D eigenvalue weighted by atomic mass is 10.1. The molecule has 0 aliphatic heterocycles. The fourth-order valence-corrected chi connectivity index (χ4v) is 3.19. The minimum absolute atomic E-state index is 0.151. The monoisotopic (exact) mass is 334 g/mol. The Balaban J connectivity index is 2.17. The zero-order valence-electron chi connectivity index (χ0n) is 13.9. The molecule has 25 heavy (non-hydrogen) atoms. The van der Waals surface area contributed by atoms with E-state index in [4.69, 9.17) is 0 Å². The van der Waals surface area contributed by atoms with Crippen LogP contribution < -0.4 is 22.2 Å². The van der Waals surface area contributed by atoms with Crippen molar-refractivity contribution in [2.45, 2.75) is 13.8 Å². The highest BCUT2D eigenvalue weighted by atomic mass is 16.2. The molecule has 4 rings (SSSR count). The SMILES string of the molecule is Cc1ccc(-n2c(=O)c3cc4c(=O)n(C)c(=O)c4cc3c2=O)cc1C. The fourth-order valence-electron chi connectivity index (χ4n) is 3.19. The van der Waals surface area contributed by atoms with Crippen LogP contribution in [0.4, 0.5) is 0 Å². The Morgan fingerprint density at radius 2 is 1.12 bits per heavy atom. The topological polar surface area (TPSA) is 78.1 Å². The normalized spacial score (nSPS) is 11.6. The van der Waals surface area contributed by atoms with E-state index < -0.39 is 22.2 Å². The zero-order chi connectivity index (χ0) is 18.0. The van der Waals surface area contributed by atoms with Gasteiger partial charge in [0.1, 0.15) is 0 Å².